The fraction of sp³-hybridized carbons (Fsp3) is 1.00. The van der Waals surface area contributed by atoms with E-state index in [1.807, 2.05) is 0 Å². The third kappa shape index (κ3) is 1.59. The van der Waals surface area contributed by atoms with Gasteiger partial charge in [-0.05, 0) is 37.6 Å². The van der Waals surface area contributed by atoms with E-state index in [1.54, 1.807) is 0 Å². The highest BCUT2D eigenvalue weighted by Crippen LogP contribution is 2.47. The molecule has 14 heavy (non-hydrogen) atoms. The van der Waals surface area contributed by atoms with E-state index in [2.05, 4.69) is 11.8 Å². The topological polar surface area (TPSA) is 12.5 Å². The monoisotopic (exact) mass is 195 g/mol. The first kappa shape index (κ1) is 9.17. The number of ether oxygens (including phenoxy) is 1. The Morgan fingerprint density at radius 1 is 1.21 bits per heavy atom. The second kappa shape index (κ2) is 2.96. The lowest BCUT2D eigenvalue weighted by Crippen LogP contribution is -2.31. The molecule has 2 heterocycles. The Kier molecular flexibility index (Phi) is 1.94. The smallest absolute Gasteiger partial charge is 0.0536 e. The average Bonchev–Trinajstić information content (AvgIpc) is 2.65. The van der Waals surface area contributed by atoms with E-state index in [0.29, 0.717) is 10.8 Å². The maximum absolute atomic E-state index is 5.55. The van der Waals surface area contributed by atoms with Crippen molar-refractivity contribution in [2.45, 2.75) is 32.6 Å². The number of likely N-dealkylation sites (tertiary alicyclic amines) is 1. The van der Waals surface area contributed by atoms with Gasteiger partial charge in [-0.3, -0.25) is 0 Å². The fourth-order valence-electron chi connectivity index (χ4n) is 3.05. The van der Waals surface area contributed by atoms with Crippen LogP contribution in [0, 0.1) is 10.8 Å². The summed E-state index contributed by atoms with van der Waals surface area (Å²) in [6.07, 6.45) is 5.59. The quantitative estimate of drug-likeness (QED) is 0.667. The molecule has 1 atom stereocenters. The molecule has 80 valence electrons. The van der Waals surface area contributed by atoms with Gasteiger partial charge in [0.1, 0.15) is 0 Å². The first-order valence-corrected chi connectivity index (χ1v) is 6.00. The van der Waals surface area contributed by atoms with Gasteiger partial charge in [-0.1, -0.05) is 6.92 Å². The number of rotatable bonds is 2. The molecule has 2 aliphatic heterocycles. The molecule has 2 saturated heterocycles. The van der Waals surface area contributed by atoms with Gasteiger partial charge in [-0.15, -0.1) is 0 Å². The molecule has 0 N–H and O–H groups in total. The maximum atomic E-state index is 5.55. The summed E-state index contributed by atoms with van der Waals surface area (Å²) in [6, 6.07) is 0. The minimum absolute atomic E-state index is 0.561. The van der Waals surface area contributed by atoms with Crippen LogP contribution in [0.25, 0.3) is 0 Å². The van der Waals surface area contributed by atoms with Crippen LogP contribution in [0.1, 0.15) is 32.6 Å². The van der Waals surface area contributed by atoms with Crippen molar-refractivity contribution >= 4 is 0 Å². The summed E-state index contributed by atoms with van der Waals surface area (Å²) in [5.41, 5.74) is 1.25. The van der Waals surface area contributed by atoms with Crippen LogP contribution in [0.3, 0.4) is 0 Å². The van der Waals surface area contributed by atoms with Crippen molar-refractivity contribution in [2.75, 3.05) is 32.8 Å². The molecule has 0 radical (unpaired) electrons. The average molecular weight is 195 g/mol. The third-order valence-electron chi connectivity index (χ3n) is 4.41. The first-order chi connectivity index (χ1) is 6.70. The van der Waals surface area contributed by atoms with Crippen molar-refractivity contribution < 1.29 is 4.74 Å². The standard InChI is InChI=1S/C12H21NO/c1-11(2-3-11)8-13-6-4-12(9-13)5-7-14-10-12/h2-10H2,1H3. The first-order valence-electron chi connectivity index (χ1n) is 6.00. The van der Waals surface area contributed by atoms with Crippen LogP contribution in [0.4, 0.5) is 0 Å². The zero-order chi connectivity index (χ0) is 9.65. The molecule has 3 rings (SSSR count). The van der Waals surface area contributed by atoms with E-state index in [9.17, 15) is 0 Å². The maximum Gasteiger partial charge on any atom is 0.0536 e. The van der Waals surface area contributed by atoms with E-state index in [-0.39, 0.29) is 0 Å². The lowest BCUT2D eigenvalue weighted by Gasteiger charge is -2.24. The summed E-state index contributed by atoms with van der Waals surface area (Å²) in [7, 11) is 0. The second-order valence-electron chi connectivity index (χ2n) is 6.07. The largest absolute Gasteiger partial charge is 0.381 e. The molecule has 1 aliphatic carbocycles. The Balaban J connectivity index is 1.58. The van der Waals surface area contributed by atoms with Gasteiger partial charge < -0.3 is 9.64 Å². The van der Waals surface area contributed by atoms with Gasteiger partial charge in [-0.25, -0.2) is 0 Å². The highest BCUT2D eigenvalue weighted by molar-refractivity contribution is 4.97. The molecule has 2 heteroatoms. The van der Waals surface area contributed by atoms with Gasteiger partial charge in [0.25, 0.3) is 0 Å². The van der Waals surface area contributed by atoms with Gasteiger partial charge in [0.2, 0.25) is 0 Å². The predicted octanol–water partition coefficient (Wildman–Crippen LogP) is 1.90. The summed E-state index contributed by atoms with van der Waals surface area (Å²) in [6.45, 7) is 8.44. The van der Waals surface area contributed by atoms with E-state index < -0.39 is 0 Å². The van der Waals surface area contributed by atoms with Crippen LogP contribution in [0.2, 0.25) is 0 Å². The molecular weight excluding hydrogens is 174 g/mol. The molecule has 0 aromatic heterocycles. The van der Waals surface area contributed by atoms with Gasteiger partial charge in [0.15, 0.2) is 0 Å². The molecule has 0 aromatic carbocycles. The Morgan fingerprint density at radius 2 is 2.07 bits per heavy atom. The summed E-state index contributed by atoms with van der Waals surface area (Å²) in [4.78, 5) is 2.68. The Morgan fingerprint density at radius 3 is 2.71 bits per heavy atom. The van der Waals surface area contributed by atoms with Crippen LogP contribution in [0.15, 0.2) is 0 Å². The molecule has 0 amide bonds. The van der Waals surface area contributed by atoms with Crippen LogP contribution in [-0.2, 0) is 4.74 Å². The van der Waals surface area contributed by atoms with Crippen molar-refractivity contribution in [3.8, 4) is 0 Å². The minimum atomic E-state index is 0.561. The zero-order valence-corrected chi connectivity index (χ0v) is 9.22. The molecule has 0 aromatic rings. The Labute approximate surface area is 86.6 Å². The van der Waals surface area contributed by atoms with Crippen molar-refractivity contribution in [1.29, 1.82) is 0 Å². The van der Waals surface area contributed by atoms with Crippen LogP contribution >= 0.6 is 0 Å². The summed E-state index contributed by atoms with van der Waals surface area (Å²) < 4.78 is 5.55. The molecule has 3 aliphatic rings. The number of hydrogen-bond donors (Lipinski definition) is 0. The molecular formula is C12H21NO. The lowest BCUT2D eigenvalue weighted by atomic mass is 9.87. The summed E-state index contributed by atoms with van der Waals surface area (Å²) in [5.74, 6) is 0. The van der Waals surface area contributed by atoms with E-state index in [4.69, 9.17) is 4.74 Å². The second-order valence-corrected chi connectivity index (χ2v) is 6.07. The third-order valence-corrected chi connectivity index (χ3v) is 4.41. The SMILES string of the molecule is CC1(CN2CCC3(CCOC3)C2)CC1. The fourth-order valence-corrected chi connectivity index (χ4v) is 3.05. The van der Waals surface area contributed by atoms with Crippen LogP contribution < -0.4 is 0 Å². The molecule has 0 bridgehead atoms. The van der Waals surface area contributed by atoms with Crippen molar-refractivity contribution in [3.63, 3.8) is 0 Å². The highest BCUT2D eigenvalue weighted by Gasteiger charge is 2.45. The lowest BCUT2D eigenvalue weighted by molar-refractivity contribution is 0.149. The van der Waals surface area contributed by atoms with E-state index in [1.165, 1.54) is 45.3 Å². The molecule has 2 nitrogen and oxygen atoms in total. The Hall–Kier alpha value is -0.0800. The van der Waals surface area contributed by atoms with Gasteiger partial charge in [-0.2, -0.15) is 0 Å². The van der Waals surface area contributed by atoms with E-state index >= 15 is 0 Å². The number of nitrogens with zero attached hydrogens (tertiary/aromatic N) is 1. The number of hydrogen-bond acceptors (Lipinski definition) is 2. The van der Waals surface area contributed by atoms with Crippen LogP contribution in [-0.4, -0.2) is 37.7 Å². The van der Waals surface area contributed by atoms with Gasteiger partial charge in [0, 0.05) is 25.1 Å². The summed E-state index contributed by atoms with van der Waals surface area (Å²) in [5, 5.41) is 0. The predicted molar refractivity (Wildman–Crippen MR) is 56.3 cm³/mol. The van der Waals surface area contributed by atoms with E-state index in [0.717, 1.165) is 13.2 Å². The minimum Gasteiger partial charge on any atom is -0.381 e. The Bertz CT molecular complexity index is 228. The molecule has 1 unspecified atom stereocenters. The van der Waals surface area contributed by atoms with Crippen molar-refractivity contribution in [2.24, 2.45) is 10.8 Å². The van der Waals surface area contributed by atoms with Gasteiger partial charge in [0.05, 0.1) is 6.61 Å². The molecule has 1 spiro atoms. The van der Waals surface area contributed by atoms with Crippen LogP contribution in [0.5, 0.6) is 0 Å². The van der Waals surface area contributed by atoms with Crippen molar-refractivity contribution in [1.82, 2.24) is 4.90 Å². The summed E-state index contributed by atoms with van der Waals surface area (Å²) >= 11 is 0. The van der Waals surface area contributed by atoms with Crippen molar-refractivity contribution in [3.05, 3.63) is 0 Å². The highest BCUT2D eigenvalue weighted by atomic mass is 16.5. The molecule has 1 saturated carbocycles. The molecule has 3 fully saturated rings. The normalized spacial score (nSPS) is 40.9. The van der Waals surface area contributed by atoms with Gasteiger partial charge >= 0.3 is 0 Å². The zero-order valence-electron chi connectivity index (χ0n) is 9.22.